The van der Waals surface area contributed by atoms with Crippen LogP contribution in [0.5, 0.6) is 0 Å². The molecular weight excluding hydrogens is 205 g/mol. The van der Waals surface area contributed by atoms with Gasteiger partial charge in [0, 0.05) is 5.38 Å². The Bertz CT molecular complexity index is 369. The van der Waals surface area contributed by atoms with Crippen molar-refractivity contribution in [3.8, 4) is 0 Å². The third kappa shape index (κ3) is 2.59. The zero-order valence-electron chi connectivity index (χ0n) is 5.65. The molecule has 0 bridgehead atoms. The predicted octanol–water partition coefficient (Wildman–Crippen LogP) is 0.692. The average Bonchev–Trinajstić information content (AvgIpc) is 2.32. The summed E-state index contributed by atoms with van der Waals surface area (Å²) >= 11 is 1.22. The Labute approximate surface area is 72.4 Å². The van der Waals surface area contributed by atoms with Crippen molar-refractivity contribution in [2.75, 3.05) is 0 Å². The van der Waals surface area contributed by atoms with Crippen molar-refractivity contribution in [3.05, 3.63) is 22.4 Å². The minimum atomic E-state index is -4.94. The van der Waals surface area contributed by atoms with Gasteiger partial charge in [0.05, 0.1) is 5.56 Å². The first-order valence-corrected chi connectivity index (χ1v) is 5.10. The van der Waals surface area contributed by atoms with Gasteiger partial charge in [-0.1, -0.05) is 3.89 Å². The van der Waals surface area contributed by atoms with Gasteiger partial charge in [-0.25, -0.2) is 4.72 Å². The van der Waals surface area contributed by atoms with E-state index in [4.69, 9.17) is 0 Å². The van der Waals surface area contributed by atoms with E-state index in [1.807, 2.05) is 0 Å². The molecule has 1 N–H and O–H groups in total. The molecule has 0 aliphatic rings. The highest BCUT2D eigenvalue weighted by Crippen LogP contribution is 2.05. The van der Waals surface area contributed by atoms with Gasteiger partial charge in [0.2, 0.25) is 0 Å². The first kappa shape index (κ1) is 9.14. The molecule has 7 heteroatoms. The zero-order valence-corrected chi connectivity index (χ0v) is 7.28. The number of halogens is 1. The number of nitrogens with one attached hydrogen (secondary N) is 1. The molecule has 0 unspecified atom stereocenters. The molecule has 1 amide bonds. The summed E-state index contributed by atoms with van der Waals surface area (Å²) in [5.74, 6) is -0.959. The van der Waals surface area contributed by atoms with Gasteiger partial charge in [-0.15, -0.1) is 0 Å². The second-order valence-corrected chi connectivity index (χ2v) is 3.74. The molecule has 12 heavy (non-hydrogen) atoms. The lowest BCUT2D eigenvalue weighted by atomic mass is 10.3. The van der Waals surface area contributed by atoms with Crippen molar-refractivity contribution in [1.82, 2.24) is 4.72 Å². The summed E-state index contributed by atoms with van der Waals surface area (Å²) in [4.78, 5) is 10.8. The van der Waals surface area contributed by atoms with Crippen molar-refractivity contribution in [1.29, 1.82) is 0 Å². The van der Waals surface area contributed by atoms with Crippen LogP contribution in [0.15, 0.2) is 16.8 Å². The molecule has 0 radical (unpaired) electrons. The fourth-order valence-corrected chi connectivity index (χ4v) is 1.54. The lowest BCUT2D eigenvalue weighted by Gasteiger charge is -1.95. The summed E-state index contributed by atoms with van der Waals surface area (Å²) in [5, 5.41) is 3.00. The van der Waals surface area contributed by atoms with Crippen LogP contribution in [-0.2, 0) is 10.4 Å². The first-order valence-electron chi connectivity index (χ1n) is 2.78. The first-order chi connectivity index (χ1) is 5.49. The Kier molecular flexibility index (Phi) is 2.43. The number of thiophene rings is 1. The third-order valence-electron chi connectivity index (χ3n) is 0.998. The fraction of sp³-hybridized carbons (Fsp3) is 0. The Morgan fingerprint density at radius 1 is 1.58 bits per heavy atom. The van der Waals surface area contributed by atoms with E-state index in [9.17, 15) is 17.1 Å². The molecule has 0 saturated carbocycles. The van der Waals surface area contributed by atoms with Crippen molar-refractivity contribution in [2.24, 2.45) is 0 Å². The number of hydrogen-bond acceptors (Lipinski definition) is 4. The molecule has 66 valence electrons. The smallest absolute Gasteiger partial charge is 0.268 e. The summed E-state index contributed by atoms with van der Waals surface area (Å²) in [7, 11) is -4.94. The van der Waals surface area contributed by atoms with Crippen molar-refractivity contribution < 1.29 is 17.1 Å². The lowest BCUT2D eigenvalue weighted by molar-refractivity contribution is 0.0980. The maximum atomic E-state index is 11.9. The van der Waals surface area contributed by atoms with E-state index >= 15 is 0 Å². The Hall–Kier alpha value is -0.950. The molecule has 0 spiro atoms. The van der Waals surface area contributed by atoms with E-state index in [-0.39, 0.29) is 5.56 Å². The summed E-state index contributed by atoms with van der Waals surface area (Å²) in [6.07, 6.45) is 0. The van der Waals surface area contributed by atoms with Gasteiger partial charge in [0.1, 0.15) is 0 Å². The molecule has 1 aromatic rings. The highest BCUT2D eigenvalue weighted by molar-refractivity contribution is 7.85. The summed E-state index contributed by atoms with van der Waals surface area (Å²) < 4.78 is 33.0. The number of carbonyl (C=O) groups excluding carboxylic acids is 1. The van der Waals surface area contributed by atoms with Crippen LogP contribution in [0.3, 0.4) is 0 Å². The second-order valence-electron chi connectivity index (χ2n) is 1.88. The molecule has 0 atom stereocenters. The van der Waals surface area contributed by atoms with Gasteiger partial charge in [0.15, 0.2) is 0 Å². The molecule has 0 aromatic carbocycles. The van der Waals surface area contributed by atoms with E-state index in [0.29, 0.717) is 0 Å². The zero-order chi connectivity index (χ0) is 9.19. The van der Waals surface area contributed by atoms with Crippen LogP contribution in [0.25, 0.3) is 0 Å². The van der Waals surface area contributed by atoms with Gasteiger partial charge in [-0.2, -0.15) is 19.8 Å². The molecule has 4 nitrogen and oxygen atoms in total. The molecule has 0 saturated heterocycles. The molecular formula is C5H4FNO3S2. The van der Waals surface area contributed by atoms with Crippen LogP contribution in [0.2, 0.25) is 0 Å². The largest absolute Gasteiger partial charge is 0.399 e. The van der Waals surface area contributed by atoms with Crippen LogP contribution in [-0.4, -0.2) is 14.3 Å². The predicted molar refractivity (Wildman–Crippen MR) is 41.8 cm³/mol. The number of amides is 1. The SMILES string of the molecule is O=C(NS(=O)(=O)F)c1ccsc1. The maximum absolute atomic E-state index is 11.9. The maximum Gasteiger partial charge on any atom is 0.399 e. The van der Waals surface area contributed by atoms with Crippen molar-refractivity contribution in [2.45, 2.75) is 0 Å². The fourth-order valence-electron chi connectivity index (χ4n) is 0.563. The summed E-state index contributed by atoms with van der Waals surface area (Å²) in [6.45, 7) is 0. The highest BCUT2D eigenvalue weighted by atomic mass is 32.3. The molecule has 1 heterocycles. The topological polar surface area (TPSA) is 63.2 Å². The Morgan fingerprint density at radius 2 is 2.25 bits per heavy atom. The van der Waals surface area contributed by atoms with Crippen LogP contribution in [0, 0.1) is 0 Å². The molecule has 0 aliphatic heterocycles. The minimum absolute atomic E-state index is 0.126. The van der Waals surface area contributed by atoms with Gasteiger partial charge in [-0.3, -0.25) is 4.79 Å². The summed E-state index contributed by atoms with van der Waals surface area (Å²) in [5.41, 5.74) is 0.126. The van der Waals surface area contributed by atoms with Gasteiger partial charge >= 0.3 is 10.4 Å². The van der Waals surface area contributed by atoms with Gasteiger partial charge in [-0.05, 0) is 11.4 Å². The second kappa shape index (κ2) is 3.20. The number of carbonyl (C=O) groups is 1. The average molecular weight is 209 g/mol. The lowest BCUT2D eigenvalue weighted by Crippen LogP contribution is -2.26. The quantitative estimate of drug-likeness (QED) is 0.729. The van der Waals surface area contributed by atoms with E-state index in [1.54, 1.807) is 5.38 Å². The van der Waals surface area contributed by atoms with Crippen molar-refractivity contribution >= 4 is 27.7 Å². The van der Waals surface area contributed by atoms with Crippen LogP contribution in [0.4, 0.5) is 3.89 Å². The van der Waals surface area contributed by atoms with Gasteiger partial charge < -0.3 is 0 Å². The molecule has 1 rings (SSSR count). The van der Waals surface area contributed by atoms with E-state index in [2.05, 4.69) is 0 Å². The molecule has 0 fully saturated rings. The standard InChI is InChI=1S/C5H4FNO3S2/c6-12(9,10)7-5(8)4-1-2-11-3-4/h1-3H,(H,7,8). The molecule has 0 aliphatic carbocycles. The normalized spacial score (nSPS) is 11.1. The van der Waals surface area contributed by atoms with Crippen molar-refractivity contribution in [3.63, 3.8) is 0 Å². The van der Waals surface area contributed by atoms with Gasteiger partial charge in [0.25, 0.3) is 5.91 Å². The Balaban J connectivity index is 2.76. The number of hydrogen-bond donors (Lipinski definition) is 1. The monoisotopic (exact) mass is 209 g/mol. The Morgan fingerprint density at radius 3 is 2.67 bits per heavy atom. The van der Waals surface area contributed by atoms with Crippen LogP contribution < -0.4 is 4.72 Å². The van der Waals surface area contributed by atoms with E-state index < -0.39 is 16.3 Å². The van der Waals surface area contributed by atoms with E-state index in [1.165, 1.54) is 27.5 Å². The highest BCUT2D eigenvalue weighted by Gasteiger charge is 2.13. The number of rotatable bonds is 2. The minimum Gasteiger partial charge on any atom is -0.268 e. The molecule has 1 aromatic heterocycles. The third-order valence-corrected chi connectivity index (χ3v) is 2.11. The van der Waals surface area contributed by atoms with Crippen LogP contribution in [0.1, 0.15) is 10.4 Å². The summed E-state index contributed by atoms with van der Waals surface area (Å²) in [6, 6.07) is 1.39. The van der Waals surface area contributed by atoms with E-state index in [0.717, 1.165) is 0 Å². The van der Waals surface area contributed by atoms with Crippen LogP contribution >= 0.6 is 11.3 Å².